The number of hydrogen-bond donors (Lipinski definition) is 0. The second-order valence-corrected chi connectivity index (χ2v) is 1.47. The van der Waals surface area contributed by atoms with E-state index in [1.807, 2.05) is 12.2 Å². The van der Waals surface area contributed by atoms with E-state index in [2.05, 4.69) is 25.3 Å². The summed E-state index contributed by atoms with van der Waals surface area (Å²) in [6.07, 6.45) is 13.3. The molecule has 0 saturated carbocycles. The Balaban J connectivity index is 0. The molecule has 1 radical (unpaired) electrons. The maximum atomic E-state index is 3.36. The predicted octanol–water partition coefficient (Wildman–Crippen LogP) is 2.66. The molecular formula is C9H11Co-. The van der Waals surface area contributed by atoms with E-state index in [-0.39, 0.29) is 16.8 Å². The average molecular weight is 178 g/mol. The van der Waals surface area contributed by atoms with Crippen molar-refractivity contribution < 1.29 is 16.8 Å². The summed E-state index contributed by atoms with van der Waals surface area (Å²) in [4.78, 5) is 0. The van der Waals surface area contributed by atoms with Gasteiger partial charge in [-0.15, -0.1) is 6.42 Å². The van der Waals surface area contributed by atoms with Gasteiger partial charge in [0.25, 0.3) is 0 Å². The standard InChI is InChI=1S/C5H5.C4H6.Co/c1-2-4-5-3-1;1-3-4-2;/h1-3H,4H2;3-4H,1-2H2;/q-1;;. The minimum Gasteiger partial charge on any atom is -0.273 e. The SMILES string of the molecule is C=CC=C.[C-]1=CC=CC1.[Co]. The summed E-state index contributed by atoms with van der Waals surface area (Å²) in [5.41, 5.74) is 0. The molecule has 0 spiro atoms. The number of rotatable bonds is 1. The van der Waals surface area contributed by atoms with Crippen LogP contribution < -0.4 is 0 Å². The maximum Gasteiger partial charge on any atom is 0 e. The van der Waals surface area contributed by atoms with Gasteiger partial charge in [0.1, 0.15) is 0 Å². The normalized spacial score (nSPS) is 10.8. The summed E-state index contributed by atoms with van der Waals surface area (Å²) in [6, 6.07) is 0. The van der Waals surface area contributed by atoms with Crippen LogP contribution in [-0.2, 0) is 16.8 Å². The third-order valence-electron chi connectivity index (χ3n) is 0.753. The molecule has 1 aliphatic carbocycles. The molecule has 0 aromatic heterocycles. The Morgan fingerprint density at radius 1 is 1.30 bits per heavy atom. The van der Waals surface area contributed by atoms with Crippen molar-refractivity contribution in [2.24, 2.45) is 0 Å². The van der Waals surface area contributed by atoms with Gasteiger partial charge in [-0.25, -0.2) is 12.2 Å². The van der Waals surface area contributed by atoms with E-state index in [0.29, 0.717) is 0 Å². The third kappa shape index (κ3) is 10.4. The van der Waals surface area contributed by atoms with E-state index < -0.39 is 0 Å². The van der Waals surface area contributed by atoms with Crippen molar-refractivity contribution in [3.63, 3.8) is 0 Å². The summed E-state index contributed by atoms with van der Waals surface area (Å²) in [5, 5.41) is 0. The zero-order valence-electron chi connectivity index (χ0n) is 5.84. The molecule has 57 valence electrons. The minimum absolute atomic E-state index is 0. The second-order valence-electron chi connectivity index (χ2n) is 1.47. The summed E-state index contributed by atoms with van der Waals surface area (Å²) in [6.45, 7) is 6.72. The average Bonchev–Trinajstić information content (AvgIpc) is 2.43. The molecule has 10 heavy (non-hydrogen) atoms. The van der Waals surface area contributed by atoms with Crippen molar-refractivity contribution in [1.82, 2.24) is 0 Å². The molecular weight excluding hydrogens is 167 g/mol. The Morgan fingerprint density at radius 3 is 2.00 bits per heavy atom. The van der Waals surface area contributed by atoms with E-state index >= 15 is 0 Å². The van der Waals surface area contributed by atoms with Crippen molar-refractivity contribution in [2.75, 3.05) is 0 Å². The first-order valence-electron chi connectivity index (χ1n) is 2.87. The van der Waals surface area contributed by atoms with Crippen LogP contribution in [0, 0.1) is 6.08 Å². The molecule has 1 heteroatoms. The molecule has 0 fully saturated rings. The second kappa shape index (κ2) is 11.3. The molecule has 1 rings (SSSR count). The molecule has 0 saturated heterocycles. The first-order valence-corrected chi connectivity index (χ1v) is 2.87. The molecule has 0 aromatic carbocycles. The molecule has 0 unspecified atom stereocenters. The molecule has 0 heterocycles. The van der Waals surface area contributed by atoms with Crippen LogP contribution in [0.25, 0.3) is 0 Å². The summed E-state index contributed by atoms with van der Waals surface area (Å²) < 4.78 is 0. The molecule has 0 aliphatic heterocycles. The van der Waals surface area contributed by atoms with E-state index in [0.717, 1.165) is 6.42 Å². The third-order valence-corrected chi connectivity index (χ3v) is 0.753. The van der Waals surface area contributed by atoms with Gasteiger partial charge in [-0.3, -0.25) is 6.08 Å². The molecule has 1 aliphatic rings. The molecule has 0 N–H and O–H groups in total. The fourth-order valence-electron chi connectivity index (χ4n) is 0.340. The van der Waals surface area contributed by atoms with Crippen molar-refractivity contribution >= 4 is 0 Å². The molecule has 0 bridgehead atoms. The van der Waals surface area contributed by atoms with Crippen molar-refractivity contribution in [2.45, 2.75) is 6.42 Å². The topological polar surface area (TPSA) is 0 Å². The molecule has 0 amide bonds. The van der Waals surface area contributed by atoms with Crippen LogP contribution in [0.2, 0.25) is 0 Å². The van der Waals surface area contributed by atoms with Crippen LogP contribution in [0.5, 0.6) is 0 Å². The van der Waals surface area contributed by atoms with Gasteiger partial charge >= 0.3 is 0 Å². The molecule has 0 nitrogen and oxygen atoms in total. The van der Waals surface area contributed by atoms with Gasteiger partial charge in [-0.2, -0.15) is 6.08 Å². The van der Waals surface area contributed by atoms with Gasteiger partial charge in [0.05, 0.1) is 0 Å². The quantitative estimate of drug-likeness (QED) is 0.427. The number of allylic oxidation sites excluding steroid dienone is 6. The first kappa shape index (κ1) is 12.2. The van der Waals surface area contributed by atoms with Gasteiger partial charge in [-0.05, 0) is 0 Å². The monoisotopic (exact) mass is 178 g/mol. The van der Waals surface area contributed by atoms with Crippen LogP contribution in [0.4, 0.5) is 0 Å². The largest absolute Gasteiger partial charge is 0.273 e. The van der Waals surface area contributed by atoms with Crippen molar-refractivity contribution in [3.05, 3.63) is 49.6 Å². The minimum atomic E-state index is 0. The fraction of sp³-hybridized carbons (Fsp3) is 0.111. The Hall–Kier alpha value is -0.534. The van der Waals surface area contributed by atoms with Gasteiger partial charge in [0, 0.05) is 16.8 Å². The van der Waals surface area contributed by atoms with Crippen LogP contribution in [-0.4, -0.2) is 0 Å². The van der Waals surface area contributed by atoms with Gasteiger partial charge < -0.3 is 0 Å². The summed E-state index contributed by atoms with van der Waals surface area (Å²) in [7, 11) is 0. The van der Waals surface area contributed by atoms with Crippen LogP contribution in [0.15, 0.2) is 43.5 Å². The predicted molar refractivity (Wildman–Crippen MR) is 42.0 cm³/mol. The van der Waals surface area contributed by atoms with E-state index in [4.69, 9.17) is 0 Å². The fourth-order valence-corrected chi connectivity index (χ4v) is 0.340. The maximum absolute atomic E-state index is 3.36. The van der Waals surface area contributed by atoms with Crippen LogP contribution in [0.1, 0.15) is 6.42 Å². The summed E-state index contributed by atoms with van der Waals surface area (Å²) >= 11 is 0. The van der Waals surface area contributed by atoms with Gasteiger partial charge in [0.2, 0.25) is 0 Å². The summed E-state index contributed by atoms with van der Waals surface area (Å²) in [5.74, 6) is 0. The number of hydrogen-bond acceptors (Lipinski definition) is 0. The van der Waals surface area contributed by atoms with E-state index in [1.165, 1.54) is 0 Å². The Morgan fingerprint density at radius 2 is 1.90 bits per heavy atom. The Bertz CT molecular complexity index is 116. The van der Waals surface area contributed by atoms with Gasteiger partial charge in [0.15, 0.2) is 0 Å². The smallest absolute Gasteiger partial charge is 0 e. The first-order chi connectivity index (χ1) is 4.41. The van der Waals surface area contributed by atoms with Crippen molar-refractivity contribution in [1.29, 1.82) is 0 Å². The van der Waals surface area contributed by atoms with Gasteiger partial charge in [-0.1, -0.05) is 25.3 Å². The molecule has 0 aromatic rings. The zero-order valence-corrected chi connectivity index (χ0v) is 6.88. The Kier molecular flexibility index (Phi) is 13.7. The van der Waals surface area contributed by atoms with Crippen LogP contribution >= 0.6 is 0 Å². The van der Waals surface area contributed by atoms with E-state index in [1.54, 1.807) is 12.2 Å². The van der Waals surface area contributed by atoms with E-state index in [9.17, 15) is 0 Å². The zero-order chi connectivity index (χ0) is 6.95. The van der Waals surface area contributed by atoms with Crippen LogP contribution in [0.3, 0.4) is 0 Å². The van der Waals surface area contributed by atoms with Crippen molar-refractivity contribution in [3.8, 4) is 0 Å². The molecule has 0 atom stereocenters. The Labute approximate surface area is 73.2 Å².